The Morgan fingerprint density at radius 3 is 2.77 bits per heavy atom. The normalized spacial score (nSPS) is 13.0. The lowest BCUT2D eigenvalue weighted by Crippen LogP contribution is -2.10. The molecule has 0 amide bonds. The SMILES string of the molecule is CCOC(=O)c1nn(Cc2ccc(OC)cc2)c2c1COC2. The molecule has 22 heavy (non-hydrogen) atoms. The molecular weight excluding hydrogens is 284 g/mol. The van der Waals surface area contributed by atoms with Crippen LogP contribution in [-0.2, 0) is 29.2 Å². The first-order valence-corrected chi connectivity index (χ1v) is 7.19. The second-order valence-corrected chi connectivity index (χ2v) is 4.99. The lowest BCUT2D eigenvalue weighted by atomic mass is 10.2. The molecule has 0 bridgehead atoms. The Kier molecular flexibility index (Phi) is 4.11. The van der Waals surface area contributed by atoms with E-state index in [2.05, 4.69) is 5.10 Å². The molecule has 0 aliphatic carbocycles. The Bertz CT molecular complexity index is 676. The lowest BCUT2D eigenvalue weighted by Gasteiger charge is -2.06. The second-order valence-electron chi connectivity index (χ2n) is 4.99. The van der Waals surface area contributed by atoms with E-state index in [0.717, 1.165) is 22.6 Å². The standard InChI is InChI=1S/C16H18N2O4/c1-3-22-16(19)15-13-9-21-10-14(13)18(17-15)8-11-4-6-12(20-2)7-5-11/h4-7H,3,8-10H2,1-2H3. The van der Waals surface area contributed by atoms with Gasteiger partial charge in [0.2, 0.25) is 0 Å². The fourth-order valence-electron chi connectivity index (χ4n) is 2.50. The number of fused-ring (bicyclic) bond motifs is 1. The highest BCUT2D eigenvalue weighted by Gasteiger charge is 2.27. The Labute approximate surface area is 128 Å². The molecule has 0 unspecified atom stereocenters. The molecule has 0 atom stereocenters. The molecule has 116 valence electrons. The van der Waals surface area contributed by atoms with Crippen molar-refractivity contribution in [3.8, 4) is 5.75 Å². The molecule has 1 aliphatic heterocycles. The number of benzene rings is 1. The van der Waals surface area contributed by atoms with Crippen LogP contribution in [0.25, 0.3) is 0 Å². The Hall–Kier alpha value is -2.34. The van der Waals surface area contributed by atoms with Gasteiger partial charge < -0.3 is 14.2 Å². The van der Waals surface area contributed by atoms with Gasteiger partial charge in [-0.05, 0) is 24.6 Å². The summed E-state index contributed by atoms with van der Waals surface area (Å²) in [7, 11) is 1.64. The first-order chi connectivity index (χ1) is 10.7. The van der Waals surface area contributed by atoms with E-state index in [9.17, 15) is 4.79 Å². The Morgan fingerprint density at radius 2 is 2.09 bits per heavy atom. The zero-order chi connectivity index (χ0) is 15.5. The molecule has 1 aliphatic rings. The topological polar surface area (TPSA) is 62.6 Å². The predicted octanol–water partition coefficient (Wildman–Crippen LogP) is 2.15. The van der Waals surface area contributed by atoms with Gasteiger partial charge in [-0.1, -0.05) is 12.1 Å². The molecule has 0 spiro atoms. The van der Waals surface area contributed by atoms with Gasteiger partial charge in [-0.15, -0.1) is 0 Å². The van der Waals surface area contributed by atoms with Crippen LogP contribution >= 0.6 is 0 Å². The summed E-state index contributed by atoms with van der Waals surface area (Å²) in [5.74, 6) is 0.419. The van der Waals surface area contributed by atoms with E-state index in [1.165, 1.54) is 0 Å². The number of methoxy groups -OCH3 is 1. The van der Waals surface area contributed by atoms with Crippen LogP contribution in [0.1, 0.15) is 34.2 Å². The highest BCUT2D eigenvalue weighted by Crippen LogP contribution is 2.25. The predicted molar refractivity (Wildman–Crippen MR) is 78.8 cm³/mol. The number of aromatic nitrogens is 2. The average molecular weight is 302 g/mol. The van der Waals surface area contributed by atoms with Gasteiger partial charge in [-0.2, -0.15) is 5.10 Å². The summed E-state index contributed by atoms with van der Waals surface area (Å²) in [6.07, 6.45) is 0. The summed E-state index contributed by atoms with van der Waals surface area (Å²) in [5.41, 5.74) is 3.22. The monoisotopic (exact) mass is 302 g/mol. The number of esters is 1. The van der Waals surface area contributed by atoms with Crippen molar-refractivity contribution in [1.29, 1.82) is 0 Å². The Balaban J connectivity index is 1.87. The molecular formula is C16H18N2O4. The number of rotatable bonds is 5. The molecule has 0 saturated carbocycles. The van der Waals surface area contributed by atoms with Gasteiger partial charge >= 0.3 is 5.97 Å². The molecule has 0 fully saturated rings. The maximum atomic E-state index is 12.0. The van der Waals surface area contributed by atoms with Crippen molar-refractivity contribution in [2.24, 2.45) is 0 Å². The fraction of sp³-hybridized carbons (Fsp3) is 0.375. The van der Waals surface area contributed by atoms with Crippen LogP contribution in [-0.4, -0.2) is 29.5 Å². The summed E-state index contributed by atoms with van der Waals surface area (Å²) >= 11 is 0. The fourth-order valence-corrected chi connectivity index (χ4v) is 2.50. The number of nitrogens with zero attached hydrogens (tertiary/aromatic N) is 2. The first-order valence-electron chi connectivity index (χ1n) is 7.19. The van der Waals surface area contributed by atoms with Gasteiger partial charge in [-0.25, -0.2) is 4.79 Å². The van der Waals surface area contributed by atoms with E-state index in [1.807, 2.05) is 28.9 Å². The van der Waals surface area contributed by atoms with E-state index in [4.69, 9.17) is 14.2 Å². The van der Waals surface area contributed by atoms with Gasteiger partial charge in [0.1, 0.15) is 5.75 Å². The van der Waals surface area contributed by atoms with Crippen molar-refractivity contribution in [3.05, 3.63) is 46.8 Å². The van der Waals surface area contributed by atoms with Crippen LogP contribution in [0.2, 0.25) is 0 Å². The smallest absolute Gasteiger partial charge is 0.359 e. The molecule has 0 radical (unpaired) electrons. The van der Waals surface area contributed by atoms with Gasteiger partial charge in [0.05, 0.1) is 39.2 Å². The van der Waals surface area contributed by atoms with E-state index in [1.54, 1.807) is 14.0 Å². The van der Waals surface area contributed by atoms with Crippen molar-refractivity contribution in [2.45, 2.75) is 26.7 Å². The molecule has 3 rings (SSSR count). The molecule has 1 aromatic heterocycles. The minimum atomic E-state index is -0.391. The third kappa shape index (κ3) is 2.69. The van der Waals surface area contributed by atoms with E-state index >= 15 is 0 Å². The van der Waals surface area contributed by atoms with E-state index in [-0.39, 0.29) is 0 Å². The van der Waals surface area contributed by atoms with Gasteiger partial charge in [0.25, 0.3) is 0 Å². The summed E-state index contributed by atoms with van der Waals surface area (Å²) in [4.78, 5) is 12.0. The summed E-state index contributed by atoms with van der Waals surface area (Å²) < 4.78 is 17.5. The van der Waals surface area contributed by atoms with Crippen molar-refractivity contribution >= 4 is 5.97 Å². The molecule has 2 heterocycles. The number of carbonyl (C=O) groups is 1. The minimum Gasteiger partial charge on any atom is -0.497 e. The minimum absolute atomic E-state index is 0.333. The zero-order valence-corrected chi connectivity index (χ0v) is 12.7. The van der Waals surface area contributed by atoms with E-state index < -0.39 is 5.97 Å². The van der Waals surface area contributed by atoms with Crippen LogP contribution in [0.5, 0.6) is 5.75 Å². The van der Waals surface area contributed by atoms with Crippen LogP contribution in [0.15, 0.2) is 24.3 Å². The molecule has 6 nitrogen and oxygen atoms in total. The largest absolute Gasteiger partial charge is 0.497 e. The third-order valence-electron chi connectivity index (χ3n) is 3.61. The maximum absolute atomic E-state index is 12.0. The summed E-state index contributed by atoms with van der Waals surface area (Å²) in [6, 6.07) is 7.77. The molecule has 6 heteroatoms. The summed E-state index contributed by atoms with van der Waals surface area (Å²) in [5, 5.41) is 4.42. The second kappa shape index (κ2) is 6.19. The van der Waals surface area contributed by atoms with Gasteiger partial charge in [-0.3, -0.25) is 4.68 Å². The average Bonchev–Trinajstić information content (AvgIpc) is 3.12. The number of hydrogen-bond donors (Lipinski definition) is 0. The summed E-state index contributed by atoms with van der Waals surface area (Å²) in [6.45, 7) is 3.57. The van der Waals surface area contributed by atoms with Crippen LogP contribution in [0.3, 0.4) is 0 Å². The molecule has 1 aromatic carbocycles. The highest BCUT2D eigenvalue weighted by molar-refractivity contribution is 5.89. The molecule has 0 saturated heterocycles. The van der Waals surface area contributed by atoms with Crippen molar-refractivity contribution in [2.75, 3.05) is 13.7 Å². The first kappa shape index (κ1) is 14.6. The zero-order valence-electron chi connectivity index (χ0n) is 12.7. The highest BCUT2D eigenvalue weighted by atomic mass is 16.5. The molecule has 0 N–H and O–H groups in total. The van der Waals surface area contributed by atoms with Crippen LogP contribution in [0.4, 0.5) is 0 Å². The number of ether oxygens (including phenoxy) is 3. The van der Waals surface area contributed by atoms with Crippen molar-refractivity contribution < 1.29 is 19.0 Å². The van der Waals surface area contributed by atoms with Crippen molar-refractivity contribution in [3.63, 3.8) is 0 Å². The number of hydrogen-bond acceptors (Lipinski definition) is 5. The quantitative estimate of drug-likeness (QED) is 0.792. The van der Waals surface area contributed by atoms with Crippen LogP contribution < -0.4 is 4.74 Å². The molecule has 2 aromatic rings. The van der Waals surface area contributed by atoms with E-state index in [0.29, 0.717) is 32.1 Å². The lowest BCUT2D eigenvalue weighted by molar-refractivity contribution is 0.0512. The number of carbonyl (C=O) groups excluding carboxylic acids is 1. The van der Waals surface area contributed by atoms with Crippen molar-refractivity contribution in [1.82, 2.24) is 9.78 Å². The van der Waals surface area contributed by atoms with Gasteiger partial charge in [0, 0.05) is 5.56 Å². The maximum Gasteiger partial charge on any atom is 0.359 e. The van der Waals surface area contributed by atoms with Gasteiger partial charge in [0.15, 0.2) is 5.69 Å². The van der Waals surface area contributed by atoms with Crippen LogP contribution in [0, 0.1) is 0 Å². The Morgan fingerprint density at radius 1 is 1.32 bits per heavy atom. The third-order valence-corrected chi connectivity index (χ3v) is 3.61.